The molecule has 0 bridgehead atoms. The first-order valence-corrected chi connectivity index (χ1v) is 7.48. The van der Waals surface area contributed by atoms with E-state index < -0.39 is 21.9 Å². The average molecular weight is 331 g/mol. The Bertz CT molecular complexity index is 787. The van der Waals surface area contributed by atoms with E-state index in [1.807, 2.05) is 4.72 Å². The van der Waals surface area contributed by atoms with Gasteiger partial charge in [0.1, 0.15) is 0 Å². The van der Waals surface area contributed by atoms with Crippen LogP contribution >= 0.6 is 0 Å². The van der Waals surface area contributed by atoms with Gasteiger partial charge >= 0.3 is 6.18 Å². The van der Waals surface area contributed by atoms with E-state index in [9.17, 15) is 21.6 Å². The molecule has 5 nitrogen and oxygen atoms in total. The van der Waals surface area contributed by atoms with Gasteiger partial charge in [-0.2, -0.15) is 21.6 Å². The largest absolute Gasteiger partial charge is 0.416 e. The lowest BCUT2D eigenvalue weighted by molar-refractivity contribution is -0.137. The molecule has 118 valence electrons. The molecule has 0 saturated carbocycles. The first-order chi connectivity index (χ1) is 10.1. The van der Waals surface area contributed by atoms with E-state index in [2.05, 4.69) is 0 Å². The van der Waals surface area contributed by atoms with Crippen molar-refractivity contribution >= 4 is 21.6 Å². The number of alkyl halides is 3. The van der Waals surface area contributed by atoms with Crippen LogP contribution in [0.25, 0.3) is 11.1 Å². The number of nitrogen functional groups attached to an aromatic ring is 1. The molecule has 0 aromatic heterocycles. The number of rotatable bonds is 3. The summed E-state index contributed by atoms with van der Waals surface area (Å²) in [6.07, 6.45) is -4.40. The van der Waals surface area contributed by atoms with E-state index in [1.54, 1.807) is 0 Å². The minimum absolute atomic E-state index is 0.0955. The second-order valence-corrected chi connectivity index (χ2v) is 5.82. The summed E-state index contributed by atoms with van der Waals surface area (Å²) >= 11 is 0. The molecule has 2 aromatic rings. The molecular formula is C13H12F3N3O2S. The predicted octanol–water partition coefficient (Wildman–Crippen LogP) is 2.57. The Kier molecular flexibility index (Phi) is 4.03. The van der Waals surface area contributed by atoms with Crippen LogP contribution in [0.5, 0.6) is 0 Å². The molecular weight excluding hydrogens is 319 g/mol. The molecule has 9 heteroatoms. The van der Waals surface area contributed by atoms with Gasteiger partial charge in [-0.25, -0.2) is 5.14 Å². The van der Waals surface area contributed by atoms with E-state index >= 15 is 0 Å². The second-order valence-electron chi connectivity index (χ2n) is 4.52. The SMILES string of the molecule is Nc1cc(-c2ccc(C(F)(F)F)cc2)ccc1NS(N)(=O)=O. The van der Waals surface area contributed by atoms with E-state index in [1.165, 1.54) is 30.3 Å². The third kappa shape index (κ3) is 3.89. The van der Waals surface area contributed by atoms with Gasteiger partial charge in [-0.05, 0) is 35.4 Å². The van der Waals surface area contributed by atoms with Gasteiger partial charge in [0.2, 0.25) is 0 Å². The molecule has 0 atom stereocenters. The van der Waals surface area contributed by atoms with Gasteiger partial charge in [0, 0.05) is 0 Å². The quantitative estimate of drug-likeness (QED) is 0.754. The van der Waals surface area contributed by atoms with Gasteiger partial charge < -0.3 is 5.73 Å². The summed E-state index contributed by atoms with van der Waals surface area (Å²) in [4.78, 5) is 0. The van der Waals surface area contributed by atoms with Crippen LogP contribution in [0.2, 0.25) is 0 Å². The number of benzene rings is 2. The van der Waals surface area contributed by atoms with Crippen molar-refractivity contribution in [1.29, 1.82) is 0 Å². The van der Waals surface area contributed by atoms with Crippen LogP contribution in [0.1, 0.15) is 5.56 Å². The summed E-state index contributed by atoms with van der Waals surface area (Å²) in [7, 11) is -3.95. The summed E-state index contributed by atoms with van der Waals surface area (Å²) in [5.41, 5.74) is 6.21. The smallest absolute Gasteiger partial charge is 0.397 e. The van der Waals surface area contributed by atoms with Crippen LogP contribution in [-0.4, -0.2) is 8.42 Å². The van der Waals surface area contributed by atoms with E-state index in [0.29, 0.717) is 11.1 Å². The van der Waals surface area contributed by atoms with Gasteiger partial charge in [-0.1, -0.05) is 18.2 Å². The monoisotopic (exact) mass is 331 g/mol. The Morgan fingerprint density at radius 3 is 1.95 bits per heavy atom. The summed E-state index contributed by atoms with van der Waals surface area (Å²) in [6, 6.07) is 8.88. The number of hydrogen-bond acceptors (Lipinski definition) is 3. The zero-order valence-electron chi connectivity index (χ0n) is 11.1. The third-order valence-electron chi connectivity index (χ3n) is 2.85. The molecule has 2 aromatic carbocycles. The molecule has 0 radical (unpaired) electrons. The molecule has 2 rings (SSSR count). The maximum absolute atomic E-state index is 12.5. The minimum Gasteiger partial charge on any atom is -0.397 e. The Morgan fingerprint density at radius 2 is 1.50 bits per heavy atom. The molecule has 0 amide bonds. The topological polar surface area (TPSA) is 98.2 Å². The lowest BCUT2D eigenvalue weighted by atomic mass is 10.0. The van der Waals surface area contributed by atoms with Crippen LogP contribution < -0.4 is 15.6 Å². The number of anilines is 2. The van der Waals surface area contributed by atoms with Crippen LogP contribution in [0.15, 0.2) is 42.5 Å². The summed E-state index contributed by atoms with van der Waals surface area (Å²) in [6.45, 7) is 0. The average Bonchev–Trinajstić information content (AvgIpc) is 2.39. The van der Waals surface area contributed by atoms with Crippen LogP contribution in [-0.2, 0) is 16.4 Å². The van der Waals surface area contributed by atoms with Crippen molar-refractivity contribution in [3.8, 4) is 11.1 Å². The zero-order valence-corrected chi connectivity index (χ0v) is 11.9. The lowest BCUT2D eigenvalue weighted by Gasteiger charge is -2.11. The van der Waals surface area contributed by atoms with Gasteiger partial charge in [0.05, 0.1) is 16.9 Å². The highest BCUT2D eigenvalue weighted by Crippen LogP contribution is 2.32. The molecule has 0 unspecified atom stereocenters. The molecule has 0 fully saturated rings. The standard InChI is InChI=1S/C13H12F3N3O2S/c14-13(15,16)10-4-1-8(2-5-10)9-3-6-12(11(17)7-9)19-22(18,20)21/h1-7,19H,17H2,(H2,18,20,21). The first kappa shape index (κ1) is 16.1. The first-order valence-electron chi connectivity index (χ1n) is 5.94. The van der Waals surface area contributed by atoms with Crippen molar-refractivity contribution in [2.45, 2.75) is 6.18 Å². The molecule has 0 spiro atoms. The summed E-state index contributed by atoms with van der Waals surface area (Å²) in [5.74, 6) is 0. The maximum atomic E-state index is 12.5. The van der Waals surface area contributed by atoms with Crippen LogP contribution in [0.4, 0.5) is 24.5 Å². The highest BCUT2D eigenvalue weighted by Gasteiger charge is 2.29. The maximum Gasteiger partial charge on any atom is 0.416 e. The third-order valence-corrected chi connectivity index (χ3v) is 3.35. The number of hydrogen-bond donors (Lipinski definition) is 3. The molecule has 0 aliphatic carbocycles. The normalized spacial score (nSPS) is 12.2. The van der Waals surface area contributed by atoms with Crippen molar-refractivity contribution in [1.82, 2.24) is 0 Å². The van der Waals surface area contributed by atoms with Crippen molar-refractivity contribution in [3.05, 3.63) is 48.0 Å². The Balaban J connectivity index is 2.32. The number of nitrogens with one attached hydrogen (secondary N) is 1. The Hall–Kier alpha value is -2.26. The van der Waals surface area contributed by atoms with E-state index in [-0.39, 0.29) is 11.4 Å². The number of halogens is 3. The van der Waals surface area contributed by atoms with Gasteiger partial charge in [0.25, 0.3) is 10.2 Å². The van der Waals surface area contributed by atoms with Gasteiger partial charge in [-0.15, -0.1) is 0 Å². The van der Waals surface area contributed by atoms with Crippen LogP contribution in [0, 0.1) is 0 Å². The molecule has 5 N–H and O–H groups in total. The molecule has 22 heavy (non-hydrogen) atoms. The van der Waals surface area contributed by atoms with Crippen molar-refractivity contribution < 1.29 is 21.6 Å². The molecule has 0 aliphatic rings. The van der Waals surface area contributed by atoms with E-state index in [4.69, 9.17) is 10.9 Å². The lowest BCUT2D eigenvalue weighted by Crippen LogP contribution is -2.22. The minimum atomic E-state index is -4.40. The van der Waals surface area contributed by atoms with Gasteiger partial charge in [-0.3, -0.25) is 4.72 Å². The molecule has 0 heterocycles. The highest BCUT2D eigenvalue weighted by atomic mass is 32.2. The van der Waals surface area contributed by atoms with Crippen molar-refractivity contribution in [2.24, 2.45) is 5.14 Å². The van der Waals surface area contributed by atoms with Crippen LogP contribution in [0.3, 0.4) is 0 Å². The summed E-state index contributed by atoms with van der Waals surface area (Å²) < 4.78 is 61.4. The fourth-order valence-electron chi connectivity index (χ4n) is 1.84. The zero-order chi connectivity index (χ0) is 16.5. The van der Waals surface area contributed by atoms with Crippen molar-refractivity contribution in [2.75, 3.05) is 10.5 Å². The fourth-order valence-corrected chi connectivity index (χ4v) is 2.33. The van der Waals surface area contributed by atoms with E-state index in [0.717, 1.165) is 12.1 Å². The predicted molar refractivity (Wildman–Crippen MR) is 78.0 cm³/mol. The fraction of sp³-hybridized carbons (Fsp3) is 0.0769. The number of nitrogens with two attached hydrogens (primary N) is 2. The highest BCUT2D eigenvalue weighted by molar-refractivity contribution is 7.90. The molecule has 0 saturated heterocycles. The second kappa shape index (κ2) is 5.50. The Labute approximate surface area is 124 Å². The van der Waals surface area contributed by atoms with Crippen molar-refractivity contribution in [3.63, 3.8) is 0 Å². The summed E-state index contributed by atoms with van der Waals surface area (Å²) in [5, 5.41) is 4.84. The Morgan fingerprint density at radius 1 is 0.955 bits per heavy atom. The molecule has 0 aliphatic heterocycles. The van der Waals surface area contributed by atoms with Gasteiger partial charge in [0.15, 0.2) is 0 Å².